The van der Waals surface area contributed by atoms with Gasteiger partial charge in [-0.1, -0.05) is 39.0 Å². The van der Waals surface area contributed by atoms with E-state index in [2.05, 4.69) is 44.3 Å². The van der Waals surface area contributed by atoms with Crippen molar-refractivity contribution in [3.8, 4) is 17.0 Å². The molecule has 0 bridgehead atoms. The van der Waals surface area contributed by atoms with Crippen molar-refractivity contribution in [3.05, 3.63) is 48.7 Å². The fourth-order valence-electron chi connectivity index (χ4n) is 3.66. The van der Waals surface area contributed by atoms with Gasteiger partial charge in [-0.05, 0) is 49.9 Å². The summed E-state index contributed by atoms with van der Waals surface area (Å²) < 4.78 is 2.07. The van der Waals surface area contributed by atoms with Gasteiger partial charge < -0.3 is 10.4 Å². The molecule has 0 spiro atoms. The van der Waals surface area contributed by atoms with Crippen LogP contribution in [-0.2, 0) is 0 Å². The van der Waals surface area contributed by atoms with E-state index in [1.54, 1.807) is 12.1 Å². The molecule has 0 saturated heterocycles. The highest BCUT2D eigenvalue weighted by molar-refractivity contribution is 5.77. The molecule has 3 aromatic rings. The number of anilines is 1. The van der Waals surface area contributed by atoms with Crippen LogP contribution in [0.5, 0.6) is 5.75 Å². The number of rotatable bonds is 4. The Balaban J connectivity index is 2.11. The normalized spacial score (nSPS) is 12.5. The highest BCUT2D eigenvalue weighted by Gasteiger charge is 2.28. The molecule has 132 valence electrons. The van der Waals surface area contributed by atoms with Gasteiger partial charge in [-0.2, -0.15) is 0 Å². The van der Waals surface area contributed by atoms with E-state index in [4.69, 9.17) is 4.98 Å². The minimum Gasteiger partial charge on any atom is -0.508 e. The van der Waals surface area contributed by atoms with Crippen LogP contribution in [0.3, 0.4) is 0 Å². The Hall–Kier alpha value is -2.49. The first-order valence-corrected chi connectivity index (χ1v) is 8.69. The van der Waals surface area contributed by atoms with Crippen LogP contribution in [0.2, 0.25) is 0 Å². The van der Waals surface area contributed by atoms with Crippen LogP contribution in [0, 0.1) is 5.41 Å². The SMILES string of the molecule is CC(C)(C)CC(C)(C)Nc1c(-c2cccc(O)c2)nc2ccccn12. The number of nitrogens with zero attached hydrogens (tertiary/aromatic N) is 2. The van der Waals surface area contributed by atoms with Crippen LogP contribution >= 0.6 is 0 Å². The van der Waals surface area contributed by atoms with E-state index in [1.165, 1.54) is 0 Å². The quantitative estimate of drug-likeness (QED) is 0.676. The fourth-order valence-corrected chi connectivity index (χ4v) is 3.66. The lowest BCUT2D eigenvalue weighted by Crippen LogP contribution is -2.36. The van der Waals surface area contributed by atoms with Gasteiger partial charge in [-0.25, -0.2) is 4.98 Å². The number of nitrogens with one attached hydrogen (secondary N) is 1. The van der Waals surface area contributed by atoms with E-state index < -0.39 is 0 Å². The Morgan fingerprint density at radius 3 is 2.48 bits per heavy atom. The molecule has 0 amide bonds. The maximum atomic E-state index is 9.87. The largest absolute Gasteiger partial charge is 0.508 e. The second kappa shape index (κ2) is 6.10. The summed E-state index contributed by atoms with van der Waals surface area (Å²) >= 11 is 0. The van der Waals surface area contributed by atoms with Gasteiger partial charge in [0.15, 0.2) is 0 Å². The summed E-state index contributed by atoms with van der Waals surface area (Å²) in [5.74, 6) is 1.20. The average Bonchev–Trinajstić information content (AvgIpc) is 2.83. The number of benzene rings is 1. The molecule has 0 saturated carbocycles. The molecule has 25 heavy (non-hydrogen) atoms. The van der Waals surface area contributed by atoms with Crippen molar-refractivity contribution >= 4 is 11.5 Å². The van der Waals surface area contributed by atoms with Gasteiger partial charge >= 0.3 is 0 Å². The van der Waals surface area contributed by atoms with Crippen LogP contribution in [0.1, 0.15) is 41.0 Å². The maximum Gasteiger partial charge on any atom is 0.139 e. The van der Waals surface area contributed by atoms with Crippen molar-refractivity contribution in [2.75, 3.05) is 5.32 Å². The number of pyridine rings is 1. The predicted octanol–water partition coefficient (Wildman–Crippen LogP) is 5.33. The van der Waals surface area contributed by atoms with Crippen molar-refractivity contribution in [1.82, 2.24) is 9.38 Å². The molecule has 0 unspecified atom stereocenters. The molecule has 0 aliphatic heterocycles. The second-order valence-corrected chi connectivity index (χ2v) is 8.53. The summed E-state index contributed by atoms with van der Waals surface area (Å²) in [5, 5.41) is 13.6. The Bertz CT molecular complexity index is 888. The van der Waals surface area contributed by atoms with E-state index >= 15 is 0 Å². The van der Waals surface area contributed by atoms with E-state index in [9.17, 15) is 5.11 Å². The van der Waals surface area contributed by atoms with Crippen LogP contribution in [0.4, 0.5) is 5.82 Å². The monoisotopic (exact) mass is 337 g/mol. The van der Waals surface area contributed by atoms with E-state index in [-0.39, 0.29) is 16.7 Å². The summed E-state index contributed by atoms with van der Waals surface area (Å²) in [6, 6.07) is 13.2. The lowest BCUT2D eigenvalue weighted by Gasteiger charge is -2.34. The van der Waals surface area contributed by atoms with Crippen molar-refractivity contribution in [2.45, 2.75) is 46.6 Å². The van der Waals surface area contributed by atoms with Crippen molar-refractivity contribution < 1.29 is 5.11 Å². The number of phenols is 1. The van der Waals surface area contributed by atoms with Gasteiger partial charge in [0, 0.05) is 17.3 Å². The first kappa shape index (κ1) is 17.3. The third kappa shape index (κ3) is 3.95. The molecule has 2 heterocycles. The highest BCUT2D eigenvalue weighted by Crippen LogP contribution is 2.35. The van der Waals surface area contributed by atoms with E-state index in [1.807, 2.05) is 36.5 Å². The molecule has 3 rings (SSSR count). The van der Waals surface area contributed by atoms with E-state index in [0.717, 1.165) is 29.1 Å². The fraction of sp³-hybridized carbons (Fsp3) is 0.381. The van der Waals surface area contributed by atoms with E-state index in [0.29, 0.717) is 0 Å². The highest BCUT2D eigenvalue weighted by atomic mass is 16.3. The van der Waals surface area contributed by atoms with Crippen LogP contribution in [0.15, 0.2) is 48.7 Å². The molecular weight excluding hydrogens is 310 g/mol. The standard InChI is InChI=1S/C21H27N3O/c1-20(2,3)14-21(4,5)23-19-18(15-9-8-10-16(25)13-15)22-17-11-6-7-12-24(17)19/h6-13,23,25H,14H2,1-5H3. The van der Waals surface area contributed by atoms with Gasteiger partial charge in [-0.3, -0.25) is 4.40 Å². The lowest BCUT2D eigenvalue weighted by atomic mass is 9.82. The van der Waals surface area contributed by atoms with Gasteiger partial charge in [0.2, 0.25) is 0 Å². The number of phenolic OH excluding ortho intramolecular Hbond substituents is 1. The molecule has 1 aromatic carbocycles. The number of hydrogen-bond donors (Lipinski definition) is 2. The van der Waals surface area contributed by atoms with Crippen LogP contribution < -0.4 is 5.32 Å². The molecule has 4 heteroatoms. The van der Waals surface area contributed by atoms with Gasteiger partial charge in [-0.15, -0.1) is 0 Å². The second-order valence-electron chi connectivity index (χ2n) is 8.53. The third-order valence-electron chi connectivity index (χ3n) is 4.08. The van der Waals surface area contributed by atoms with Gasteiger partial charge in [0.05, 0.1) is 0 Å². The lowest BCUT2D eigenvalue weighted by molar-refractivity contribution is 0.302. The third-order valence-corrected chi connectivity index (χ3v) is 4.08. The first-order chi connectivity index (χ1) is 11.6. The summed E-state index contributed by atoms with van der Waals surface area (Å²) in [5.41, 5.74) is 2.74. The van der Waals surface area contributed by atoms with Gasteiger partial charge in [0.1, 0.15) is 22.9 Å². The summed E-state index contributed by atoms with van der Waals surface area (Å²) in [6.07, 6.45) is 3.03. The zero-order chi connectivity index (χ0) is 18.2. The van der Waals surface area contributed by atoms with Crippen molar-refractivity contribution in [3.63, 3.8) is 0 Å². The van der Waals surface area contributed by atoms with Crippen molar-refractivity contribution in [1.29, 1.82) is 0 Å². The number of fused-ring (bicyclic) bond motifs is 1. The number of hydrogen-bond acceptors (Lipinski definition) is 3. The Morgan fingerprint density at radius 1 is 1.04 bits per heavy atom. The molecule has 4 nitrogen and oxygen atoms in total. The molecule has 0 radical (unpaired) electrons. The summed E-state index contributed by atoms with van der Waals surface area (Å²) in [6.45, 7) is 11.2. The number of imidazole rings is 1. The molecule has 0 aliphatic rings. The first-order valence-electron chi connectivity index (χ1n) is 8.69. The van der Waals surface area contributed by atoms with Crippen LogP contribution in [-0.4, -0.2) is 20.0 Å². The topological polar surface area (TPSA) is 49.6 Å². The molecule has 0 atom stereocenters. The minimum absolute atomic E-state index is 0.102. The Kier molecular flexibility index (Phi) is 4.23. The maximum absolute atomic E-state index is 9.87. The summed E-state index contributed by atoms with van der Waals surface area (Å²) in [4.78, 5) is 4.79. The smallest absolute Gasteiger partial charge is 0.139 e. The average molecular weight is 337 g/mol. The summed E-state index contributed by atoms with van der Waals surface area (Å²) in [7, 11) is 0. The van der Waals surface area contributed by atoms with Crippen molar-refractivity contribution in [2.24, 2.45) is 5.41 Å². The van der Waals surface area contributed by atoms with Crippen LogP contribution in [0.25, 0.3) is 16.9 Å². The molecule has 0 aliphatic carbocycles. The molecule has 0 fully saturated rings. The zero-order valence-corrected chi connectivity index (χ0v) is 15.7. The molecule has 2 N–H and O–H groups in total. The predicted molar refractivity (Wildman–Crippen MR) is 104 cm³/mol. The Morgan fingerprint density at radius 2 is 1.80 bits per heavy atom. The minimum atomic E-state index is -0.102. The number of aromatic hydroxyl groups is 1. The molecule has 2 aromatic heterocycles. The molecular formula is C21H27N3O. The van der Waals surface area contributed by atoms with Gasteiger partial charge in [0.25, 0.3) is 0 Å². The Labute approximate surface area is 149 Å². The number of aromatic nitrogens is 2. The zero-order valence-electron chi connectivity index (χ0n) is 15.7.